The number of aromatic nitrogens is 2. The molecule has 3 aliphatic heterocycles. The highest BCUT2D eigenvalue weighted by Gasteiger charge is 2.45. The number of nitrogens with zero attached hydrogens (tertiary/aromatic N) is 5. The van der Waals surface area contributed by atoms with Crippen molar-refractivity contribution in [1.82, 2.24) is 87.6 Å². The van der Waals surface area contributed by atoms with Gasteiger partial charge < -0.3 is 114 Å². The van der Waals surface area contributed by atoms with E-state index in [2.05, 4.69) is 63.1 Å². The summed E-state index contributed by atoms with van der Waals surface area (Å²) in [4.78, 5) is 260. The number of rotatable bonds is 25. The van der Waals surface area contributed by atoms with E-state index in [1.54, 1.807) is 88.6 Å². The number of amides is 16. The van der Waals surface area contributed by atoms with Gasteiger partial charge in [-0.15, -0.1) is 11.8 Å². The number of aliphatic hydroxyl groups is 1. The minimum absolute atomic E-state index is 0.00831. The van der Waals surface area contributed by atoms with E-state index in [1.165, 1.54) is 67.0 Å². The van der Waals surface area contributed by atoms with Crippen molar-refractivity contribution >= 4 is 134 Å². The summed E-state index contributed by atoms with van der Waals surface area (Å²) < 4.78 is 0. The first kappa shape index (κ1) is 103. The van der Waals surface area contributed by atoms with Crippen LogP contribution in [0.15, 0.2) is 85.2 Å². The number of thioether (sulfide) groups is 1. The maximum absolute atomic E-state index is 15.7. The van der Waals surface area contributed by atoms with Crippen molar-refractivity contribution in [3.8, 4) is 5.75 Å². The Labute approximate surface area is 759 Å². The van der Waals surface area contributed by atoms with Crippen LogP contribution in [0.3, 0.4) is 0 Å². The predicted octanol–water partition coefficient (Wildman–Crippen LogP) is 0.256. The smallest absolute Gasteiger partial charge is 0.303 e. The third-order valence-electron chi connectivity index (χ3n) is 23.7. The van der Waals surface area contributed by atoms with E-state index in [9.17, 15) is 63.3 Å². The maximum atomic E-state index is 15.7. The van der Waals surface area contributed by atoms with Gasteiger partial charge in [0.15, 0.2) is 0 Å². The normalized spacial score (nSPS) is 24.8. The molecule has 0 radical (unpaired) electrons. The third kappa shape index (κ3) is 28.6. The molecule has 3 saturated heterocycles. The number of hydrogen-bond donors (Lipinski definition) is 17. The topological polar surface area (TPSA) is 571 Å². The second kappa shape index (κ2) is 49.5. The summed E-state index contributed by atoms with van der Waals surface area (Å²) in [7, 11) is 4.00. The van der Waals surface area contributed by atoms with Crippen LogP contribution in [-0.2, 0) is 101 Å². The van der Waals surface area contributed by atoms with Gasteiger partial charge in [0.2, 0.25) is 94.5 Å². The zero-order valence-electron chi connectivity index (χ0n) is 75.6. The quantitative estimate of drug-likeness (QED) is 0.0372. The number of likely N-dealkylation sites (N-methyl/N-ethyl adjacent to an activating group) is 3. The largest absolute Gasteiger partial charge is 0.508 e. The zero-order chi connectivity index (χ0) is 95.3. The molecule has 5 heterocycles. The molecule has 39 nitrogen and oxygen atoms in total. The van der Waals surface area contributed by atoms with Gasteiger partial charge in [0.1, 0.15) is 90.3 Å². The fraction of sp³-hybridized carbons (Fsp3) is 0.567. The number of benzene rings is 3. The number of phenolic OH excluding ortho intramolecular Hbond substituents is 1. The lowest BCUT2D eigenvalue weighted by Crippen LogP contribution is -2.62. The highest BCUT2D eigenvalue weighted by Crippen LogP contribution is 2.28. The number of aliphatic carboxylic acids is 1. The number of aliphatic hydroxyl groups excluding tert-OH is 1. The van der Waals surface area contributed by atoms with Crippen molar-refractivity contribution in [2.75, 3.05) is 65.4 Å². The molecule has 14 atom stereocenters. The average molecular weight is 1830 g/mol. The number of nitrogens with two attached hydrogens (primary N) is 2. The monoisotopic (exact) mass is 1830 g/mol. The summed E-state index contributed by atoms with van der Waals surface area (Å²) in [5, 5.41) is 59.5. The second-order valence-corrected chi connectivity index (χ2v) is 35.5. The summed E-state index contributed by atoms with van der Waals surface area (Å²) in [6.07, 6.45) is 3.66. The molecule has 710 valence electrons. The van der Waals surface area contributed by atoms with Crippen molar-refractivity contribution in [2.24, 2.45) is 23.3 Å². The Morgan fingerprint density at radius 1 is 0.508 bits per heavy atom. The fourth-order valence-corrected chi connectivity index (χ4v) is 17.3. The van der Waals surface area contributed by atoms with Crippen molar-refractivity contribution < 1.29 is 96.8 Å². The number of carboxylic acids is 1. The number of aromatic amines is 2. The number of hydrogen-bond acceptors (Lipinski definition) is 21. The van der Waals surface area contributed by atoms with Crippen LogP contribution < -0.4 is 64.6 Å². The number of fused-ring (bicyclic) bond motifs is 4. The average Bonchev–Trinajstić information content (AvgIpc) is 1.53. The molecule has 130 heavy (non-hydrogen) atoms. The van der Waals surface area contributed by atoms with E-state index in [0.29, 0.717) is 64.2 Å². The number of carboxylic acid groups (broad SMARTS) is 1. The van der Waals surface area contributed by atoms with Crippen LogP contribution in [0.1, 0.15) is 161 Å². The van der Waals surface area contributed by atoms with E-state index < -0.39 is 217 Å². The van der Waals surface area contributed by atoms with Gasteiger partial charge in [-0.25, -0.2) is 0 Å². The fourth-order valence-electron chi connectivity index (χ4n) is 16.4. The Bertz CT molecular complexity index is 4830. The molecule has 8 rings (SSSR count). The minimum atomic E-state index is -1.83. The van der Waals surface area contributed by atoms with E-state index in [1.807, 2.05) is 13.8 Å². The summed E-state index contributed by atoms with van der Waals surface area (Å²) in [5.74, 6) is -16.9. The van der Waals surface area contributed by atoms with Crippen LogP contribution in [-0.4, -0.2) is 300 Å². The molecule has 0 unspecified atom stereocenters. The van der Waals surface area contributed by atoms with Crippen LogP contribution in [0.25, 0.3) is 21.8 Å². The molecule has 0 bridgehead atoms. The molecular formula is C90H129N19O20S. The highest BCUT2D eigenvalue weighted by molar-refractivity contribution is 8.00. The van der Waals surface area contributed by atoms with Gasteiger partial charge in [-0.2, -0.15) is 0 Å². The van der Waals surface area contributed by atoms with Gasteiger partial charge in [0, 0.05) is 99.9 Å². The number of carbonyl (C=O) groups is 17. The lowest BCUT2D eigenvalue weighted by molar-refractivity contribution is -0.149. The molecule has 0 aliphatic carbocycles. The Morgan fingerprint density at radius 2 is 0.977 bits per heavy atom. The van der Waals surface area contributed by atoms with Crippen molar-refractivity contribution in [1.29, 1.82) is 0 Å². The molecule has 0 saturated carbocycles. The third-order valence-corrected chi connectivity index (χ3v) is 24.8. The number of aromatic hydroxyl groups is 1. The number of phenols is 1. The molecule has 19 N–H and O–H groups in total. The molecule has 3 aliphatic rings. The summed E-state index contributed by atoms with van der Waals surface area (Å²) in [6, 6.07) is -0.560. The standard InChI is InChI=1S/C90H129N19O20S/c1-11-13-25-70-83(122)99-63(39-50(3)4)80(119)104-69(78(117)95-46-74(92)112)48-130-49-75(113)96-66(41-53-29-31-56(111)32-30-53)86(125)105(8)52(7)77(116)98-62(33-34-76(114)115)88(127)108-37-19-27-71(108)84(123)97-61(35-36-91)79(118)101-65(40-51(5)6)89(128)109-38-20-28-72(109)85(124)100-64(42-54-44-93-59-23-17-15-21-57(54)59)81(120)103-68(47-110)82(121)102-67(43-55-45-94-60-24-18-16-22-58(55)60)87(126)107(10)73(26-14-12-2)90(129)106(70)9/h15-18,21-24,29-32,44-45,50-52,61-73,93-94,110-111H,11-14,19-20,25-28,33-43,46-49,91H2,1-10H3,(H2,92,112)(H,95,117)(H,96,113)(H,97,123)(H,98,116)(H,99,122)(H,100,124)(H,101,118)(H,102,121)(H,103,120)(H,104,119)(H,114,115)/t52-,61-,62-,63-,64-,65-,66-,67-,68-,69-,70-,71-,72-,73-/m0/s1. The SMILES string of the molecule is CCCC[C@H]1C(=O)N(C)[C@@H](CCCC)C(=O)N[C@@H](CC(C)C)C(=O)N[C@H](C(=O)NCC(N)=O)CSCC(=O)N[C@@H](Cc2ccc(O)cc2)C(=O)N(C)[C@@H](C)C(=O)N[C@@H](CCC(=O)O)C(=O)N2CCC[C@H]2C(=O)N[C@@H](CCN)C(=O)N[C@@H](CC(C)C)C(=O)N2CCC[C@H]2C(=O)N[C@@H](Cc2c[nH]c3ccccc23)C(=O)N[C@@H](CO)C(=O)N[C@@H](Cc2c[nH]c3ccccc23)C(=O)N1C. The lowest BCUT2D eigenvalue weighted by atomic mass is 9.99. The van der Waals surface area contributed by atoms with E-state index >= 15 is 33.6 Å². The van der Waals surface area contributed by atoms with Crippen LogP contribution in [0.4, 0.5) is 0 Å². The van der Waals surface area contributed by atoms with Gasteiger partial charge in [-0.3, -0.25) is 81.5 Å². The molecule has 3 fully saturated rings. The number of unbranched alkanes of at least 4 members (excludes halogenated alkanes) is 2. The number of carbonyl (C=O) groups excluding carboxylic acids is 16. The van der Waals surface area contributed by atoms with Crippen molar-refractivity contribution in [2.45, 2.75) is 249 Å². The molecular weight excluding hydrogens is 1700 g/mol. The number of nitrogens with one attached hydrogen (secondary N) is 12. The highest BCUT2D eigenvalue weighted by atomic mass is 32.2. The van der Waals surface area contributed by atoms with E-state index in [4.69, 9.17) is 11.5 Å². The minimum Gasteiger partial charge on any atom is -0.508 e. The lowest BCUT2D eigenvalue weighted by Gasteiger charge is -2.36. The van der Waals surface area contributed by atoms with Crippen LogP contribution in [0.5, 0.6) is 5.75 Å². The Morgan fingerprint density at radius 3 is 1.53 bits per heavy atom. The molecule has 16 amide bonds. The van der Waals surface area contributed by atoms with Gasteiger partial charge in [-0.1, -0.05) is 116 Å². The molecule has 0 spiro atoms. The summed E-state index contributed by atoms with van der Waals surface area (Å²) in [5.41, 5.74) is 14.4. The molecule has 2 aromatic heterocycles. The number of primary amides is 1. The first-order valence-corrected chi connectivity index (χ1v) is 45.7. The van der Waals surface area contributed by atoms with Gasteiger partial charge >= 0.3 is 5.97 Å². The first-order valence-electron chi connectivity index (χ1n) is 44.6. The Kier molecular flexibility index (Phi) is 39.3. The maximum Gasteiger partial charge on any atom is 0.303 e. The second-order valence-electron chi connectivity index (χ2n) is 34.5. The molecule has 5 aromatic rings. The van der Waals surface area contributed by atoms with Crippen LogP contribution in [0.2, 0.25) is 0 Å². The van der Waals surface area contributed by atoms with E-state index in [0.717, 1.165) is 21.6 Å². The van der Waals surface area contributed by atoms with Crippen molar-refractivity contribution in [3.63, 3.8) is 0 Å². The van der Waals surface area contributed by atoms with Crippen molar-refractivity contribution in [3.05, 3.63) is 102 Å². The molecule has 3 aromatic carbocycles. The zero-order valence-corrected chi connectivity index (χ0v) is 76.4. The number of H-pyrrole nitrogens is 2. The van der Waals surface area contributed by atoms with Gasteiger partial charge in [0.05, 0.1) is 18.9 Å². The Balaban J connectivity index is 1.18. The predicted molar refractivity (Wildman–Crippen MR) is 483 cm³/mol. The Hall–Kier alpha value is -12.2. The van der Waals surface area contributed by atoms with Crippen LogP contribution >= 0.6 is 11.8 Å². The van der Waals surface area contributed by atoms with E-state index in [-0.39, 0.29) is 120 Å². The summed E-state index contributed by atoms with van der Waals surface area (Å²) >= 11 is 0.801. The van der Waals surface area contributed by atoms with Gasteiger partial charge in [0.25, 0.3) is 0 Å². The van der Waals surface area contributed by atoms with Gasteiger partial charge in [-0.05, 0) is 130 Å². The first-order chi connectivity index (χ1) is 61.9. The number of para-hydroxylation sites is 2. The molecule has 40 heteroatoms. The summed E-state index contributed by atoms with van der Waals surface area (Å²) in [6.45, 7) is 10.2. The van der Waals surface area contributed by atoms with Crippen LogP contribution in [0, 0.1) is 11.8 Å².